The van der Waals surface area contributed by atoms with Crippen LogP contribution in [0.1, 0.15) is 25.7 Å². The van der Waals surface area contributed by atoms with E-state index in [1.807, 2.05) is 4.90 Å². The summed E-state index contributed by atoms with van der Waals surface area (Å²) in [4.78, 5) is 14.4. The van der Waals surface area contributed by atoms with Crippen LogP contribution in [0.5, 0.6) is 5.75 Å². The summed E-state index contributed by atoms with van der Waals surface area (Å²) < 4.78 is 5.58. The van der Waals surface area contributed by atoms with Crippen molar-refractivity contribution in [1.29, 1.82) is 0 Å². The van der Waals surface area contributed by atoms with Gasteiger partial charge in [0.2, 0.25) is 0 Å². The van der Waals surface area contributed by atoms with Crippen LogP contribution in [0.3, 0.4) is 0 Å². The summed E-state index contributed by atoms with van der Waals surface area (Å²) in [5.41, 5.74) is 0. The molecule has 1 heterocycles. The molecular weight excluding hydrogens is 288 g/mol. The fourth-order valence-electron chi connectivity index (χ4n) is 2.75. The van der Waals surface area contributed by atoms with E-state index >= 15 is 0 Å². The number of nitrogens with zero attached hydrogens (tertiary/aromatic N) is 1. The fourth-order valence-corrected chi connectivity index (χ4v) is 2.88. The van der Waals surface area contributed by atoms with Crippen molar-refractivity contribution >= 4 is 17.5 Å². The molecule has 114 valence electrons. The summed E-state index contributed by atoms with van der Waals surface area (Å²) in [7, 11) is 0. The molecule has 0 bridgehead atoms. The second-order valence-electron chi connectivity index (χ2n) is 5.81. The Hall–Kier alpha value is -1.26. The summed E-state index contributed by atoms with van der Waals surface area (Å²) in [6.07, 6.45) is 4.62. The molecule has 1 unspecified atom stereocenters. The van der Waals surface area contributed by atoms with E-state index in [4.69, 9.17) is 16.3 Å². The first-order valence-corrected chi connectivity index (χ1v) is 8.01. The van der Waals surface area contributed by atoms with Crippen molar-refractivity contribution in [2.24, 2.45) is 0 Å². The topological polar surface area (TPSA) is 41.6 Å². The molecule has 1 aliphatic carbocycles. The van der Waals surface area contributed by atoms with E-state index in [1.165, 1.54) is 6.42 Å². The Kier molecular flexibility index (Phi) is 4.66. The molecule has 1 atom stereocenters. The van der Waals surface area contributed by atoms with Gasteiger partial charge in [0.1, 0.15) is 5.75 Å². The van der Waals surface area contributed by atoms with Gasteiger partial charge in [0.05, 0.1) is 0 Å². The maximum absolute atomic E-state index is 12.4. The first-order chi connectivity index (χ1) is 10.2. The Balaban J connectivity index is 1.52. The Bertz CT molecular complexity index is 482. The van der Waals surface area contributed by atoms with Crippen LogP contribution in [0.4, 0.5) is 0 Å². The largest absolute Gasteiger partial charge is 0.484 e. The second kappa shape index (κ2) is 6.67. The molecule has 1 aliphatic heterocycles. The highest BCUT2D eigenvalue weighted by Crippen LogP contribution is 2.28. The van der Waals surface area contributed by atoms with Crippen LogP contribution < -0.4 is 10.1 Å². The lowest BCUT2D eigenvalue weighted by atomic mass is 10.2. The maximum Gasteiger partial charge on any atom is 0.260 e. The predicted octanol–water partition coefficient (Wildman–Crippen LogP) is 2.46. The zero-order chi connectivity index (χ0) is 14.7. The minimum absolute atomic E-state index is 0.0844. The number of hydrogen-bond donors (Lipinski definition) is 1. The standard InChI is InChI=1S/C16H21ClN2O2/c17-12-3-7-15(8-4-12)21-11-16(20)19(14-5-6-14)10-13-2-1-9-18-13/h3-4,7-8,13-14,18H,1-2,5-6,9-11H2. The molecule has 1 N–H and O–H groups in total. The van der Waals surface area contributed by atoms with E-state index in [9.17, 15) is 4.79 Å². The number of amides is 1. The molecule has 0 spiro atoms. The van der Waals surface area contributed by atoms with Gasteiger partial charge in [-0.25, -0.2) is 0 Å². The van der Waals surface area contributed by atoms with Gasteiger partial charge < -0.3 is 15.0 Å². The van der Waals surface area contributed by atoms with Gasteiger partial charge in [-0.2, -0.15) is 0 Å². The third kappa shape index (κ3) is 4.11. The van der Waals surface area contributed by atoms with Crippen molar-refractivity contribution in [3.63, 3.8) is 0 Å². The first kappa shape index (κ1) is 14.7. The van der Waals surface area contributed by atoms with Gasteiger partial charge in [-0.15, -0.1) is 0 Å². The van der Waals surface area contributed by atoms with E-state index < -0.39 is 0 Å². The summed E-state index contributed by atoms with van der Waals surface area (Å²) in [6, 6.07) is 7.98. The fraction of sp³-hybridized carbons (Fsp3) is 0.562. The minimum atomic E-state index is 0.0844. The number of carbonyl (C=O) groups excluding carboxylic acids is 1. The van der Waals surface area contributed by atoms with Crippen LogP contribution in [0, 0.1) is 0 Å². The van der Waals surface area contributed by atoms with Crippen molar-refractivity contribution in [2.45, 2.75) is 37.8 Å². The van der Waals surface area contributed by atoms with Gasteiger partial charge in [-0.05, 0) is 56.5 Å². The molecule has 5 heteroatoms. The van der Waals surface area contributed by atoms with E-state index in [0.717, 1.165) is 32.4 Å². The van der Waals surface area contributed by atoms with E-state index in [-0.39, 0.29) is 12.5 Å². The SMILES string of the molecule is O=C(COc1ccc(Cl)cc1)N(CC1CCCN1)C1CC1. The Morgan fingerprint density at radius 2 is 2.05 bits per heavy atom. The highest BCUT2D eigenvalue weighted by molar-refractivity contribution is 6.30. The van der Waals surface area contributed by atoms with Crippen molar-refractivity contribution in [3.05, 3.63) is 29.3 Å². The zero-order valence-electron chi connectivity index (χ0n) is 12.1. The summed E-state index contributed by atoms with van der Waals surface area (Å²) >= 11 is 5.83. The van der Waals surface area contributed by atoms with Gasteiger partial charge in [0, 0.05) is 23.7 Å². The summed E-state index contributed by atoms with van der Waals surface area (Å²) in [5, 5.41) is 4.12. The van der Waals surface area contributed by atoms with Crippen LogP contribution in [0.15, 0.2) is 24.3 Å². The first-order valence-electron chi connectivity index (χ1n) is 7.63. The highest BCUT2D eigenvalue weighted by atomic mass is 35.5. The monoisotopic (exact) mass is 308 g/mol. The van der Waals surface area contributed by atoms with Crippen molar-refractivity contribution < 1.29 is 9.53 Å². The average Bonchev–Trinajstić information content (AvgIpc) is 3.20. The smallest absolute Gasteiger partial charge is 0.260 e. The van der Waals surface area contributed by atoms with E-state index in [1.54, 1.807) is 24.3 Å². The molecule has 0 radical (unpaired) electrons. The Morgan fingerprint density at radius 1 is 1.29 bits per heavy atom. The maximum atomic E-state index is 12.4. The molecule has 1 saturated heterocycles. The van der Waals surface area contributed by atoms with Crippen LogP contribution in [0.25, 0.3) is 0 Å². The number of nitrogens with one attached hydrogen (secondary N) is 1. The molecule has 1 saturated carbocycles. The van der Waals surface area contributed by atoms with Crippen molar-refractivity contribution in [2.75, 3.05) is 19.7 Å². The lowest BCUT2D eigenvalue weighted by Crippen LogP contribution is -2.44. The van der Waals surface area contributed by atoms with Crippen LogP contribution in [-0.4, -0.2) is 42.6 Å². The average molecular weight is 309 g/mol. The van der Waals surface area contributed by atoms with Gasteiger partial charge in [0.25, 0.3) is 5.91 Å². The minimum Gasteiger partial charge on any atom is -0.484 e. The zero-order valence-corrected chi connectivity index (χ0v) is 12.8. The third-order valence-corrected chi connectivity index (χ3v) is 4.32. The van der Waals surface area contributed by atoms with Gasteiger partial charge in [-0.3, -0.25) is 4.79 Å². The van der Waals surface area contributed by atoms with Crippen LogP contribution in [-0.2, 0) is 4.79 Å². The van der Waals surface area contributed by atoms with Gasteiger partial charge in [0.15, 0.2) is 6.61 Å². The number of rotatable bonds is 6. The third-order valence-electron chi connectivity index (χ3n) is 4.06. The molecule has 1 amide bonds. The van der Waals surface area contributed by atoms with Crippen molar-refractivity contribution in [3.8, 4) is 5.75 Å². The van der Waals surface area contributed by atoms with Crippen LogP contribution in [0.2, 0.25) is 5.02 Å². The van der Waals surface area contributed by atoms with E-state index in [2.05, 4.69) is 5.32 Å². The molecule has 2 fully saturated rings. The molecule has 21 heavy (non-hydrogen) atoms. The number of hydrogen-bond acceptors (Lipinski definition) is 3. The Morgan fingerprint density at radius 3 is 2.67 bits per heavy atom. The molecule has 3 rings (SSSR count). The molecule has 1 aromatic rings. The number of ether oxygens (including phenoxy) is 1. The second-order valence-corrected chi connectivity index (χ2v) is 6.25. The summed E-state index contributed by atoms with van der Waals surface area (Å²) in [5.74, 6) is 0.767. The Labute approximate surface area is 130 Å². The van der Waals surface area contributed by atoms with Crippen LogP contribution >= 0.6 is 11.6 Å². The quantitative estimate of drug-likeness (QED) is 0.878. The highest BCUT2D eigenvalue weighted by Gasteiger charge is 2.34. The normalized spacial score (nSPS) is 21.3. The summed E-state index contributed by atoms with van der Waals surface area (Å²) in [6.45, 7) is 1.98. The lowest BCUT2D eigenvalue weighted by Gasteiger charge is -2.25. The number of halogens is 1. The molecule has 2 aliphatic rings. The number of benzene rings is 1. The van der Waals surface area contributed by atoms with E-state index in [0.29, 0.717) is 22.9 Å². The predicted molar refractivity (Wildman–Crippen MR) is 82.7 cm³/mol. The molecule has 4 nitrogen and oxygen atoms in total. The van der Waals surface area contributed by atoms with Gasteiger partial charge in [-0.1, -0.05) is 11.6 Å². The molecule has 0 aromatic heterocycles. The van der Waals surface area contributed by atoms with Gasteiger partial charge >= 0.3 is 0 Å². The molecule has 1 aromatic carbocycles. The molecular formula is C16H21ClN2O2. The lowest BCUT2D eigenvalue weighted by molar-refractivity contribution is -0.134. The van der Waals surface area contributed by atoms with Crippen molar-refractivity contribution in [1.82, 2.24) is 10.2 Å². The number of carbonyl (C=O) groups is 1.